The fraction of sp³-hybridized carbons (Fsp3) is 0.933. The lowest BCUT2D eigenvalue weighted by molar-refractivity contribution is 0.274. The Morgan fingerprint density at radius 1 is 1.10 bits per heavy atom. The Morgan fingerprint density at radius 2 is 1.90 bits per heavy atom. The Kier molecular flexibility index (Phi) is 13.5. The molecule has 0 radical (unpaired) electrons. The first kappa shape index (κ1) is 20.9. The summed E-state index contributed by atoms with van der Waals surface area (Å²) in [6.45, 7) is 13.2. The van der Waals surface area contributed by atoms with Gasteiger partial charge in [-0.15, -0.1) is 24.0 Å². The van der Waals surface area contributed by atoms with Crippen LogP contribution in [0.4, 0.5) is 0 Å². The molecule has 0 atom stereocenters. The summed E-state index contributed by atoms with van der Waals surface area (Å²) in [7, 11) is 2.22. The Bertz CT molecular complexity index is 273. The van der Waals surface area contributed by atoms with Gasteiger partial charge in [0.1, 0.15) is 0 Å². The van der Waals surface area contributed by atoms with Gasteiger partial charge in [0.2, 0.25) is 0 Å². The second-order valence-corrected chi connectivity index (χ2v) is 5.54. The molecule has 0 aromatic heterocycles. The minimum atomic E-state index is 0. The topological polar surface area (TPSA) is 42.9 Å². The molecule has 2 N–H and O–H groups in total. The second-order valence-electron chi connectivity index (χ2n) is 5.54. The van der Waals surface area contributed by atoms with Crippen molar-refractivity contribution < 1.29 is 0 Å². The number of hydrogen-bond donors (Lipinski definition) is 2. The summed E-state index contributed by atoms with van der Waals surface area (Å²) < 4.78 is 0. The van der Waals surface area contributed by atoms with Crippen LogP contribution in [-0.4, -0.2) is 75.2 Å². The van der Waals surface area contributed by atoms with Gasteiger partial charge in [0.05, 0.1) is 0 Å². The van der Waals surface area contributed by atoms with Crippen molar-refractivity contribution >= 4 is 29.9 Å². The van der Waals surface area contributed by atoms with Gasteiger partial charge >= 0.3 is 0 Å². The first-order chi connectivity index (χ1) is 9.76. The quantitative estimate of drug-likeness (QED) is 0.289. The zero-order valence-corrected chi connectivity index (χ0v) is 16.4. The second kappa shape index (κ2) is 13.6. The summed E-state index contributed by atoms with van der Waals surface area (Å²) in [5.74, 6) is 0.963. The van der Waals surface area contributed by atoms with Crippen LogP contribution in [0.5, 0.6) is 0 Å². The zero-order valence-electron chi connectivity index (χ0n) is 14.0. The Morgan fingerprint density at radius 3 is 2.62 bits per heavy atom. The monoisotopic (exact) mass is 411 g/mol. The number of likely N-dealkylation sites (N-methyl/N-ethyl adjacent to an activating group) is 1. The van der Waals surface area contributed by atoms with Gasteiger partial charge in [-0.2, -0.15) is 0 Å². The van der Waals surface area contributed by atoms with Crippen LogP contribution in [0.15, 0.2) is 4.99 Å². The van der Waals surface area contributed by atoms with Gasteiger partial charge in [-0.05, 0) is 52.9 Å². The van der Waals surface area contributed by atoms with Crippen LogP contribution in [0.25, 0.3) is 0 Å². The van der Waals surface area contributed by atoms with E-state index in [4.69, 9.17) is 0 Å². The van der Waals surface area contributed by atoms with Crippen LogP contribution in [-0.2, 0) is 0 Å². The highest BCUT2D eigenvalue weighted by atomic mass is 127. The van der Waals surface area contributed by atoms with E-state index in [9.17, 15) is 0 Å². The Balaban J connectivity index is 0.00000400. The lowest BCUT2D eigenvalue weighted by Crippen LogP contribution is -2.39. The number of rotatable bonds is 7. The van der Waals surface area contributed by atoms with E-state index in [2.05, 4.69) is 46.3 Å². The molecule has 0 amide bonds. The van der Waals surface area contributed by atoms with E-state index in [1.165, 1.54) is 45.6 Å². The van der Waals surface area contributed by atoms with Crippen molar-refractivity contribution in [2.24, 2.45) is 4.99 Å². The van der Waals surface area contributed by atoms with Crippen LogP contribution in [0.3, 0.4) is 0 Å². The number of nitrogens with zero attached hydrogens (tertiary/aromatic N) is 3. The molecule has 0 saturated carbocycles. The summed E-state index contributed by atoms with van der Waals surface area (Å²) >= 11 is 0. The number of hydrogen-bond acceptors (Lipinski definition) is 3. The first-order valence-corrected chi connectivity index (χ1v) is 8.19. The lowest BCUT2D eigenvalue weighted by Gasteiger charge is -2.20. The smallest absolute Gasteiger partial charge is 0.191 e. The molecule has 1 fully saturated rings. The van der Waals surface area contributed by atoms with Gasteiger partial charge < -0.3 is 20.4 Å². The van der Waals surface area contributed by atoms with Crippen molar-refractivity contribution in [3.63, 3.8) is 0 Å². The average molecular weight is 411 g/mol. The van der Waals surface area contributed by atoms with Crippen molar-refractivity contribution in [2.75, 3.05) is 59.4 Å². The summed E-state index contributed by atoms with van der Waals surface area (Å²) in [6.07, 6.45) is 3.57. The number of aliphatic imine (C=N–C) groups is 1. The molecule has 126 valence electrons. The van der Waals surface area contributed by atoms with E-state index in [1.54, 1.807) is 0 Å². The van der Waals surface area contributed by atoms with E-state index < -0.39 is 0 Å². The van der Waals surface area contributed by atoms with Gasteiger partial charge in [-0.3, -0.25) is 4.99 Å². The maximum Gasteiger partial charge on any atom is 0.191 e. The number of nitrogens with one attached hydrogen (secondary N) is 2. The highest BCUT2D eigenvalue weighted by Gasteiger charge is 2.11. The van der Waals surface area contributed by atoms with Crippen molar-refractivity contribution in [1.29, 1.82) is 0 Å². The molecular weight excluding hydrogens is 377 g/mol. The van der Waals surface area contributed by atoms with E-state index in [0.29, 0.717) is 0 Å². The van der Waals surface area contributed by atoms with Crippen molar-refractivity contribution in [3.8, 4) is 0 Å². The molecule has 6 heteroatoms. The fourth-order valence-electron chi connectivity index (χ4n) is 2.40. The lowest BCUT2D eigenvalue weighted by atomic mass is 10.3. The fourth-order valence-corrected chi connectivity index (χ4v) is 2.40. The van der Waals surface area contributed by atoms with Gasteiger partial charge in [-0.1, -0.05) is 6.92 Å². The molecule has 21 heavy (non-hydrogen) atoms. The predicted octanol–water partition coefficient (Wildman–Crippen LogP) is 1.60. The molecule has 0 aliphatic carbocycles. The van der Waals surface area contributed by atoms with Gasteiger partial charge in [-0.25, -0.2) is 0 Å². The highest BCUT2D eigenvalue weighted by molar-refractivity contribution is 14.0. The summed E-state index contributed by atoms with van der Waals surface area (Å²) in [6, 6.07) is 0. The molecule has 1 rings (SSSR count). The van der Waals surface area contributed by atoms with Crippen LogP contribution < -0.4 is 10.6 Å². The first-order valence-electron chi connectivity index (χ1n) is 8.19. The average Bonchev–Trinajstić information content (AvgIpc) is 2.65. The third-order valence-corrected chi connectivity index (χ3v) is 3.59. The van der Waals surface area contributed by atoms with Crippen molar-refractivity contribution in [1.82, 2.24) is 20.4 Å². The molecule has 1 aliphatic rings. The molecule has 0 unspecified atom stereocenters. The van der Waals surface area contributed by atoms with E-state index in [1.807, 2.05) is 0 Å². The molecule has 1 heterocycles. The van der Waals surface area contributed by atoms with E-state index in [0.717, 1.165) is 32.0 Å². The van der Waals surface area contributed by atoms with E-state index in [-0.39, 0.29) is 24.0 Å². The largest absolute Gasteiger partial charge is 0.357 e. The third-order valence-electron chi connectivity index (χ3n) is 3.59. The maximum absolute atomic E-state index is 4.52. The normalized spacial score (nSPS) is 18.0. The Labute approximate surface area is 148 Å². The third kappa shape index (κ3) is 10.3. The van der Waals surface area contributed by atoms with Crippen molar-refractivity contribution in [2.45, 2.75) is 33.1 Å². The molecular formula is C15H34IN5. The van der Waals surface area contributed by atoms with Crippen molar-refractivity contribution in [3.05, 3.63) is 0 Å². The van der Waals surface area contributed by atoms with E-state index >= 15 is 0 Å². The van der Waals surface area contributed by atoms with Crippen LogP contribution in [0.1, 0.15) is 33.1 Å². The number of halogens is 1. The molecule has 0 aromatic carbocycles. The maximum atomic E-state index is 4.52. The standard InChI is InChI=1S/C15H33N5.HI/c1-4-8-17-15(16-5-2)18-9-6-11-20-12-7-10-19(3)13-14-20;/h4-14H2,1-3H3,(H2,16,17,18);1H. The predicted molar refractivity (Wildman–Crippen MR) is 103 cm³/mol. The molecule has 1 saturated heterocycles. The molecule has 1 aliphatic heterocycles. The SMILES string of the molecule is CCCN=C(NCC)NCCCN1CCCN(C)CC1.I. The van der Waals surface area contributed by atoms with Crippen LogP contribution >= 0.6 is 24.0 Å². The van der Waals surface area contributed by atoms with Crippen LogP contribution in [0, 0.1) is 0 Å². The summed E-state index contributed by atoms with van der Waals surface area (Å²) in [4.78, 5) is 9.53. The molecule has 5 nitrogen and oxygen atoms in total. The Hall–Kier alpha value is -0.0800. The molecule has 0 aromatic rings. The van der Waals surface area contributed by atoms with Gasteiger partial charge in [0.25, 0.3) is 0 Å². The van der Waals surface area contributed by atoms with Gasteiger partial charge in [0.15, 0.2) is 5.96 Å². The molecule has 0 spiro atoms. The van der Waals surface area contributed by atoms with Gasteiger partial charge in [0, 0.05) is 32.7 Å². The minimum absolute atomic E-state index is 0. The summed E-state index contributed by atoms with van der Waals surface area (Å²) in [5, 5.41) is 6.71. The zero-order chi connectivity index (χ0) is 14.6. The summed E-state index contributed by atoms with van der Waals surface area (Å²) in [5.41, 5.74) is 0. The highest BCUT2D eigenvalue weighted by Crippen LogP contribution is 2.01. The van der Waals surface area contributed by atoms with Crippen LogP contribution in [0.2, 0.25) is 0 Å². The number of guanidine groups is 1. The minimum Gasteiger partial charge on any atom is -0.357 e. The molecule has 0 bridgehead atoms.